The number of aryl methyl sites for hydroxylation is 1. The molecule has 0 unspecified atom stereocenters. The largest absolute Gasteiger partial charge is 0.370 e. The van der Waals surface area contributed by atoms with Crippen LogP contribution < -0.4 is 5.32 Å². The number of ketones is 1. The van der Waals surface area contributed by atoms with E-state index >= 15 is 0 Å². The molecule has 1 aliphatic rings. The number of anilines is 1. The van der Waals surface area contributed by atoms with Crippen molar-refractivity contribution < 1.29 is 4.79 Å². The van der Waals surface area contributed by atoms with Gasteiger partial charge in [-0.1, -0.05) is 0 Å². The van der Waals surface area contributed by atoms with Gasteiger partial charge in [-0.3, -0.25) is 4.79 Å². The molecule has 0 atom stereocenters. The number of fused-ring (bicyclic) bond motifs is 1. The molecule has 4 nitrogen and oxygen atoms in total. The fraction of sp³-hybridized carbons (Fsp3) is 0.556. The SMILES string of the molecule is CC(=O)c1nc2c(n1C)NCCC2. The average Bonchev–Trinajstić information content (AvgIpc) is 2.45. The first-order valence-electron chi connectivity index (χ1n) is 4.50. The van der Waals surface area contributed by atoms with Gasteiger partial charge in [0.05, 0.1) is 5.69 Å². The van der Waals surface area contributed by atoms with Crippen LogP contribution in [-0.2, 0) is 13.5 Å². The molecule has 70 valence electrons. The highest BCUT2D eigenvalue weighted by atomic mass is 16.1. The first-order valence-corrected chi connectivity index (χ1v) is 4.50. The van der Waals surface area contributed by atoms with E-state index in [-0.39, 0.29) is 5.78 Å². The lowest BCUT2D eigenvalue weighted by Crippen LogP contribution is -2.14. The zero-order chi connectivity index (χ0) is 9.42. The smallest absolute Gasteiger partial charge is 0.195 e. The Hall–Kier alpha value is -1.32. The lowest BCUT2D eigenvalue weighted by Gasteiger charge is -2.13. The van der Waals surface area contributed by atoms with Crippen molar-refractivity contribution in [3.05, 3.63) is 11.5 Å². The fourth-order valence-corrected chi connectivity index (χ4v) is 1.73. The Morgan fingerprint density at radius 2 is 2.38 bits per heavy atom. The molecule has 0 aliphatic carbocycles. The van der Waals surface area contributed by atoms with Crippen LogP contribution >= 0.6 is 0 Å². The minimum absolute atomic E-state index is 0.0266. The number of nitrogens with one attached hydrogen (secondary N) is 1. The highest BCUT2D eigenvalue weighted by Gasteiger charge is 2.19. The molecule has 1 N–H and O–H groups in total. The molecule has 1 aliphatic heterocycles. The van der Waals surface area contributed by atoms with Crippen molar-refractivity contribution in [3.8, 4) is 0 Å². The Morgan fingerprint density at radius 3 is 3.00 bits per heavy atom. The molecule has 0 spiro atoms. The number of hydrogen-bond donors (Lipinski definition) is 1. The molecular weight excluding hydrogens is 166 g/mol. The minimum Gasteiger partial charge on any atom is -0.370 e. The van der Waals surface area contributed by atoms with Crippen molar-refractivity contribution in [1.82, 2.24) is 9.55 Å². The van der Waals surface area contributed by atoms with E-state index in [4.69, 9.17) is 0 Å². The van der Waals surface area contributed by atoms with Crippen LogP contribution in [0.25, 0.3) is 0 Å². The molecule has 2 heterocycles. The molecule has 0 saturated carbocycles. The van der Waals surface area contributed by atoms with Crippen LogP contribution in [0.3, 0.4) is 0 Å². The summed E-state index contributed by atoms with van der Waals surface area (Å²) < 4.78 is 1.84. The molecule has 4 heteroatoms. The average molecular weight is 179 g/mol. The molecule has 0 amide bonds. The van der Waals surface area contributed by atoms with E-state index in [9.17, 15) is 4.79 Å². The third kappa shape index (κ3) is 1.22. The number of carbonyl (C=O) groups is 1. The second-order valence-electron chi connectivity index (χ2n) is 3.38. The standard InChI is InChI=1S/C9H13N3O/c1-6(13)8-11-7-4-3-5-10-9(7)12(8)2/h10H,3-5H2,1-2H3. The van der Waals surface area contributed by atoms with Gasteiger partial charge in [-0.2, -0.15) is 0 Å². The van der Waals surface area contributed by atoms with Crippen molar-refractivity contribution in [2.45, 2.75) is 19.8 Å². The van der Waals surface area contributed by atoms with Gasteiger partial charge in [-0.05, 0) is 12.8 Å². The quantitative estimate of drug-likeness (QED) is 0.654. The van der Waals surface area contributed by atoms with Gasteiger partial charge in [0.1, 0.15) is 5.82 Å². The summed E-state index contributed by atoms with van der Waals surface area (Å²) >= 11 is 0. The molecule has 1 aromatic heterocycles. The van der Waals surface area contributed by atoms with Gasteiger partial charge in [-0.25, -0.2) is 4.98 Å². The van der Waals surface area contributed by atoms with Crippen LogP contribution in [0.5, 0.6) is 0 Å². The maximum atomic E-state index is 11.2. The number of hydrogen-bond acceptors (Lipinski definition) is 3. The Morgan fingerprint density at radius 1 is 1.62 bits per heavy atom. The van der Waals surface area contributed by atoms with E-state index in [1.165, 1.54) is 0 Å². The van der Waals surface area contributed by atoms with Crippen molar-refractivity contribution in [1.29, 1.82) is 0 Å². The van der Waals surface area contributed by atoms with Crippen LogP contribution in [0, 0.1) is 0 Å². The van der Waals surface area contributed by atoms with Gasteiger partial charge in [0.2, 0.25) is 0 Å². The number of rotatable bonds is 1. The van der Waals surface area contributed by atoms with E-state index in [1.54, 1.807) is 6.92 Å². The van der Waals surface area contributed by atoms with Crippen LogP contribution in [0.2, 0.25) is 0 Å². The van der Waals surface area contributed by atoms with Gasteiger partial charge in [0.15, 0.2) is 11.6 Å². The van der Waals surface area contributed by atoms with Crippen LogP contribution in [0.4, 0.5) is 5.82 Å². The maximum absolute atomic E-state index is 11.2. The minimum atomic E-state index is 0.0266. The summed E-state index contributed by atoms with van der Waals surface area (Å²) in [6.07, 6.45) is 2.07. The van der Waals surface area contributed by atoms with Crippen molar-refractivity contribution in [3.63, 3.8) is 0 Å². The van der Waals surface area contributed by atoms with E-state index < -0.39 is 0 Å². The first kappa shape index (κ1) is 8.29. The molecular formula is C9H13N3O. The summed E-state index contributed by atoms with van der Waals surface area (Å²) in [5.74, 6) is 1.59. The van der Waals surface area contributed by atoms with Crippen molar-refractivity contribution in [2.24, 2.45) is 7.05 Å². The predicted octanol–water partition coefficient (Wildman–Crippen LogP) is 0.981. The summed E-state index contributed by atoms with van der Waals surface area (Å²) in [6, 6.07) is 0. The molecule has 0 bridgehead atoms. The highest BCUT2D eigenvalue weighted by molar-refractivity contribution is 5.91. The number of nitrogens with zero attached hydrogens (tertiary/aromatic N) is 2. The molecule has 2 rings (SSSR count). The van der Waals surface area contributed by atoms with E-state index in [1.807, 2.05) is 11.6 Å². The normalized spacial score (nSPS) is 14.9. The van der Waals surface area contributed by atoms with Crippen molar-refractivity contribution in [2.75, 3.05) is 11.9 Å². The van der Waals surface area contributed by atoms with Crippen LogP contribution in [0.1, 0.15) is 29.7 Å². The number of carbonyl (C=O) groups excluding carboxylic acids is 1. The zero-order valence-electron chi connectivity index (χ0n) is 7.92. The van der Waals surface area contributed by atoms with Gasteiger partial charge in [-0.15, -0.1) is 0 Å². The Bertz CT molecular complexity index is 354. The molecule has 0 radical (unpaired) electrons. The molecule has 1 aromatic rings. The lowest BCUT2D eigenvalue weighted by atomic mass is 10.2. The summed E-state index contributed by atoms with van der Waals surface area (Å²) in [7, 11) is 1.88. The summed E-state index contributed by atoms with van der Waals surface area (Å²) in [5, 5.41) is 3.25. The summed E-state index contributed by atoms with van der Waals surface area (Å²) in [5.41, 5.74) is 1.03. The molecule has 0 fully saturated rings. The lowest BCUT2D eigenvalue weighted by molar-refractivity contribution is 0.100. The Labute approximate surface area is 77.0 Å². The van der Waals surface area contributed by atoms with Gasteiger partial charge >= 0.3 is 0 Å². The number of Topliss-reactive ketones (excluding diaryl/α,β-unsaturated/α-hetero) is 1. The van der Waals surface area contributed by atoms with Crippen LogP contribution in [-0.4, -0.2) is 21.9 Å². The van der Waals surface area contributed by atoms with E-state index in [0.29, 0.717) is 5.82 Å². The molecule has 0 saturated heterocycles. The number of imidazole rings is 1. The first-order chi connectivity index (χ1) is 6.20. The van der Waals surface area contributed by atoms with Gasteiger partial charge in [0, 0.05) is 20.5 Å². The van der Waals surface area contributed by atoms with E-state index in [2.05, 4.69) is 10.3 Å². The second kappa shape index (κ2) is 2.87. The maximum Gasteiger partial charge on any atom is 0.195 e. The third-order valence-electron chi connectivity index (χ3n) is 2.37. The predicted molar refractivity (Wildman–Crippen MR) is 50.0 cm³/mol. The third-order valence-corrected chi connectivity index (χ3v) is 2.37. The van der Waals surface area contributed by atoms with Crippen molar-refractivity contribution >= 4 is 11.6 Å². The van der Waals surface area contributed by atoms with Gasteiger partial charge in [0.25, 0.3) is 0 Å². The number of aromatic nitrogens is 2. The molecule has 0 aromatic carbocycles. The monoisotopic (exact) mass is 179 g/mol. The van der Waals surface area contributed by atoms with E-state index in [0.717, 1.165) is 30.9 Å². The highest BCUT2D eigenvalue weighted by Crippen LogP contribution is 2.21. The second-order valence-corrected chi connectivity index (χ2v) is 3.38. The van der Waals surface area contributed by atoms with Crippen LogP contribution in [0.15, 0.2) is 0 Å². The summed E-state index contributed by atoms with van der Waals surface area (Å²) in [6.45, 7) is 2.53. The Kier molecular flexibility index (Phi) is 1.83. The molecule has 13 heavy (non-hydrogen) atoms. The topological polar surface area (TPSA) is 46.9 Å². The Balaban J connectivity index is 2.50. The fourth-order valence-electron chi connectivity index (χ4n) is 1.73. The summed E-state index contributed by atoms with van der Waals surface area (Å²) in [4.78, 5) is 15.5. The van der Waals surface area contributed by atoms with Gasteiger partial charge < -0.3 is 9.88 Å². The zero-order valence-corrected chi connectivity index (χ0v) is 7.92.